The third kappa shape index (κ3) is 3.16. The first-order chi connectivity index (χ1) is 11.8. The van der Waals surface area contributed by atoms with Gasteiger partial charge in [-0.1, -0.05) is 6.07 Å². The van der Waals surface area contributed by atoms with Crippen LogP contribution in [0.4, 0.5) is 0 Å². The van der Waals surface area contributed by atoms with E-state index in [1.54, 1.807) is 6.21 Å². The molecule has 0 aliphatic heterocycles. The molecule has 0 unspecified atom stereocenters. The highest BCUT2D eigenvalue weighted by atomic mass is 32.1. The lowest BCUT2D eigenvalue weighted by Gasteiger charge is -2.06. The van der Waals surface area contributed by atoms with Crippen LogP contribution in [0.2, 0.25) is 0 Å². The third-order valence-electron chi connectivity index (χ3n) is 3.98. The van der Waals surface area contributed by atoms with Crippen LogP contribution >= 0.6 is 12.2 Å². The Morgan fingerprint density at radius 2 is 2.21 bits per heavy atom. The van der Waals surface area contributed by atoms with Gasteiger partial charge in [0.05, 0.1) is 6.21 Å². The summed E-state index contributed by atoms with van der Waals surface area (Å²) in [5.74, 6) is 2.25. The van der Waals surface area contributed by atoms with E-state index in [2.05, 4.69) is 27.4 Å². The molecule has 3 aromatic rings. The molecule has 0 amide bonds. The topological polar surface area (TPSA) is 68.3 Å². The maximum Gasteiger partial charge on any atom is 0.216 e. The Labute approximate surface area is 143 Å². The molecule has 1 N–H and O–H groups in total. The number of hydrogen-bond acceptors (Lipinski definition) is 5. The molecule has 1 aliphatic carbocycles. The van der Waals surface area contributed by atoms with Crippen molar-refractivity contribution in [3.8, 4) is 5.75 Å². The molecule has 0 saturated carbocycles. The van der Waals surface area contributed by atoms with Crippen molar-refractivity contribution in [3.05, 3.63) is 64.1 Å². The van der Waals surface area contributed by atoms with Crippen molar-refractivity contribution in [2.45, 2.75) is 25.9 Å². The van der Waals surface area contributed by atoms with Crippen molar-refractivity contribution in [3.63, 3.8) is 0 Å². The Balaban J connectivity index is 1.39. The van der Waals surface area contributed by atoms with E-state index in [0.29, 0.717) is 17.1 Å². The summed E-state index contributed by atoms with van der Waals surface area (Å²) in [5.41, 5.74) is 2.84. The summed E-state index contributed by atoms with van der Waals surface area (Å²) in [5, 5.41) is 10.6. The largest absolute Gasteiger partial charge is 0.486 e. The molecule has 2 aromatic heterocycles. The minimum Gasteiger partial charge on any atom is -0.486 e. The number of benzene rings is 1. The fourth-order valence-electron chi connectivity index (χ4n) is 2.78. The van der Waals surface area contributed by atoms with E-state index in [1.807, 2.05) is 18.2 Å². The van der Waals surface area contributed by atoms with E-state index in [4.69, 9.17) is 21.4 Å². The lowest BCUT2D eigenvalue weighted by atomic mass is 10.1. The molecule has 1 aliphatic rings. The summed E-state index contributed by atoms with van der Waals surface area (Å²) >= 11 is 5.02. The molecule has 0 saturated heterocycles. The number of aryl methyl sites for hydroxylation is 2. The SMILES string of the molecule is S=c1[nH]ncn1N=Cc1ccc(COc2ccc3c(c2)CCC3)o1. The average Bonchev–Trinajstić information content (AvgIpc) is 3.31. The summed E-state index contributed by atoms with van der Waals surface area (Å²) in [6.45, 7) is 0.387. The normalized spacial score (nSPS) is 13.5. The molecular formula is C17H16N4O2S. The zero-order chi connectivity index (χ0) is 16.4. The standard InChI is InChI=1S/C17H16N4O2S/c24-17-20-18-11-21(17)19-9-15-6-7-16(23-15)10-22-14-5-4-12-2-1-3-13(12)8-14/h4-9,11H,1-3,10H2,(H,20,24). The monoisotopic (exact) mass is 340 g/mol. The minimum atomic E-state index is 0.387. The highest BCUT2D eigenvalue weighted by Crippen LogP contribution is 2.26. The van der Waals surface area contributed by atoms with Gasteiger partial charge in [0.15, 0.2) is 0 Å². The predicted molar refractivity (Wildman–Crippen MR) is 91.9 cm³/mol. The van der Waals surface area contributed by atoms with Crippen LogP contribution in [0.1, 0.15) is 29.1 Å². The van der Waals surface area contributed by atoms with Gasteiger partial charge in [0.2, 0.25) is 4.77 Å². The third-order valence-corrected chi connectivity index (χ3v) is 4.26. The zero-order valence-corrected chi connectivity index (χ0v) is 13.8. The Hall–Kier alpha value is -2.67. The zero-order valence-electron chi connectivity index (χ0n) is 12.9. The van der Waals surface area contributed by atoms with Gasteiger partial charge in [0, 0.05) is 0 Å². The number of aromatic nitrogens is 3. The Morgan fingerprint density at radius 3 is 3.08 bits per heavy atom. The summed E-state index contributed by atoms with van der Waals surface area (Å²) in [4.78, 5) is 0. The smallest absolute Gasteiger partial charge is 0.216 e. The molecule has 0 atom stereocenters. The van der Waals surface area contributed by atoms with Crippen molar-refractivity contribution >= 4 is 18.4 Å². The molecular weight excluding hydrogens is 324 g/mol. The average molecular weight is 340 g/mol. The lowest BCUT2D eigenvalue weighted by molar-refractivity contribution is 0.269. The van der Waals surface area contributed by atoms with Crippen LogP contribution in [0, 0.1) is 4.77 Å². The molecule has 0 spiro atoms. The first kappa shape index (κ1) is 14.9. The first-order valence-electron chi connectivity index (χ1n) is 7.78. The second kappa shape index (κ2) is 6.45. The van der Waals surface area contributed by atoms with Crippen LogP contribution in [0.3, 0.4) is 0 Å². The Morgan fingerprint density at radius 1 is 1.29 bits per heavy atom. The van der Waals surface area contributed by atoms with Gasteiger partial charge in [0.1, 0.15) is 30.2 Å². The second-order valence-electron chi connectivity index (χ2n) is 5.63. The van der Waals surface area contributed by atoms with Gasteiger partial charge in [-0.3, -0.25) is 5.10 Å². The van der Waals surface area contributed by atoms with Gasteiger partial charge in [-0.05, 0) is 66.9 Å². The lowest BCUT2D eigenvalue weighted by Crippen LogP contribution is -1.95. The minimum absolute atomic E-state index is 0.387. The highest BCUT2D eigenvalue weighted by molar-refractivity contribution is 7.71. The first-order valence-corrected chi connectivity index (χ1v) is 8.18. The van der Waals surface area contributed by atoms with Gasteiger partial charge >= 0.3 is 0 Å². The van der Waals surface area contributed by atoms with Crippen LogP contribution in [-0.4, -0.2) is 21.1 Å². The number of hydrogen-bond donors (Lipinski definition) is 1. The quantitative estimate of drug-likeness (QED) is 0.570. The van der Waals surface area contributed by atoms with Gasteiger partial charge < -0.3 is 9.15 Å². The molecule has 0 fully saturated rings. The van der Waals surface area contributed by atoms with Crippen LogP contribution in [0.5, 0.6) is 5.75 Å². The van der Waals surface area contributed by atoms with Crippen molar-refractivity contribution in [1.82, 2.24) is 14.9 Å². The second-order valence-corrected chi connectivity index (χ2v) is 6.01. The highest BCUT2D eigenvalue weighted by Gasteiger charge is 2.11. The molecule has 4 rings (SSSR count). The van der Waals surface area contributed by atoms with Gasteiger partial charge in [-0.15, -0.1) is 0 Å². The summed E-state index contributed by atoms with van der Waals surface area (Å²) < 4.78 is 13.4. The molecule has 24 heavy (non-hydrogen) atoms. The maximum absolute atomic E-state index is 5.83. The van der Waals surface area contributed by atoms with E-state index in [0.717, 1.165) is 17.9 Å². The molecule has 6 nitrogen and oxygen atoms in total. The Bertz CT molecular complexity index is 938. The van der Waals surface area contributed by atoms with Crippen LogP contribution < -0.4 is 4.74 Å². The van der Waals surface area contributed by atoms with Crippen molar-refractivity contribution in [2.24, 2.45) is 5.10 Å². The molecule has 2 heterocycles. The summed E-state index contributed by atoms with van der Waals surface area (Å²) in [6, 6.07) is 10.0. The number of aromatic amines is 1. The molecule has 1 aromatic carbocycles. The van der Waals surface area contributed by atoms with Crippen molar-refractivity contribution in [1.29, 1.82) is 0 Å². The van der Waals surface area contributed by atoms with Crippen LogP contribution in [0.25, 0.3) is 0 Å². The van der Waals surface area contributed by atoms with E-state index >= 15 is 0 Å². The molecule has 122 valence electrons. The van der Waals surface area contributed by atoms with E-state index in [-0.39, 0.29) is 0 Å². The molecule has 0 bridgehead atoms. The maximum atomic E-state index is 5.83. The van der Waals surface area contributed by atoms with Gasteiger partial charge in [-0.2, -0.15) is 14.9 Å². The number of nitrogens with one attached hydrogen (secondary N) is 1. The predicted octanol–water partition coefficient (Wildman–Crippen LogP) is 3.48. The molecule has 0 radical (unpaired) electrons. The number of nitrogens with zero attached hydrogens (tertiary/aromatic N) is 3. The van der Waals surface area contributed by atoms with E-state index in [1.165, 1.54) is 35.0 Å². The summed E-state index contributed by atoms with van der Waals surface area (Å²) in [6.07, 6.45) is 6.64. The number of ether oxygens (including phenoxy) is 1. The van der Waals surface area contributed by atoms with Crippen LogP contribution in [-0.2, 0) is 19.4 Å². The Kier molecular flexibility index (Phi) is 4.00. The van der Waals surface area contributed by atoms with E-state index < -0.39 is 0 Å². The van der Waals surface area contributed by atoms with Gasteiger partial charge in [0.25, 0.3) is 0 Å². The molecule has 7 heteroatoms. The van der Waals surface area contributed by atoms with Gasteiger partial charge in [-0.25, -0.2) is 0 Å². The van der Waals surface area contributed by atoms with Crippen LogP contribution in [0.15, 0.2) is 46.2 Å². The fraction of sp³-hybridized carbons (Fsp3) is 0.235. The number of furan rings is 1. The number of fused-ring (bicyclic) bond motifs is 1. The summed E-state index contributed by atoms with van der Waals surface area (Å²) in [7, 11) is 0. The number of H-pyrrole nitrogens is 1. The number of rotatable bonds is 5. The van der Waals surface area contributed by atoms with Crippen molar-refractivity contribution < 1.29 is 9.15 Å². The van der Waals surface area contributed by atoms with E-state index in [9.17, 15) is 0 Å². The fourth-order valence-corrected chi connectivity index (χ4v) is 2.92. The van der Waals surface area contributed by atoms with Crippen molar-refractivity contribution in [2.75, 3.05) is 0 Å².